The molecule has 0 aliphatic rings. The van der Waals surface area contributed by atoms with E-state index in [1.54, 1.807) is 0 Å². The second kappa shape index (κ2) is 9.37. The van der Waals surface area contributed by atoms with Gasteiger partial charge in [0, 0.05) is 25.8 Å². The van der Waals surface area contributed by atoms with Crippen LogP contribution in [0, 0.1) is 0 Å². The van der Waals surface area contributed by atoms with Gasteiger partial charge in [0.1, 0.15) is 0 Å². The van der Waals surface area contributed by atoms with E-state index < -0.39 is 0 Å². The van der Waals surface area contributed by atoms with E-state index in [1.165, 1.54) is 5.56 Å². The molecule has 0 bridgehead atoms. The van der Waals surface area contributed by atoms with E-state index in [2.05, 4.69) is 48.7 Å². The maximum atomic E-state index is 11.7. The van der Waals surface area contributed by atoms with Crippen molar-refractivity contribution >= 4 is 11.6 Å². The van der Waals surface area contributed by atoms with Gasteiger partial charge in [-0.1, -0.05) is 26.0 Å². The summed E-state index contributed by atoms with van der Waals surface area (Å²) in [5.74, 6) is 0.0723. The third-order valence-corrected chi connectivity index (χ3v) is 3.09. The molecule has 1 aromatic carbocycles. The zero-order valence-electron chi connectivity index (χ0n) is 12.9. The molecule has 0 unspecified atom stereocenters. The van der Waals surface area contributed by atoms with Gasteiger partial charge in [-0.05, 0) is 37.1 Å². The van der Waals surface area contributed by atoms with Gasteiger partial charge in [-0.3, -0.25) is 4.79 Å². The van der Waals surface area contributed by atoms with Crippen molar-refractivity contribution in [2.24, 2.45) is 0 Å². The minimum atomic E-state index is 0.0723. The molecule has 4 heteroatoms. The molecule has 1 aromatic rings. The maximum absolute atomic E-state index is 11.7. The largest absolute Gasteiger partial charge is 0.365 e. The summed E-state index contributed by atoms with van der Waals surface area (Å²) in [5, 5.41) is 6.27. The fourth-order valence-corrected chi connectivity index (χ4v) is 1.90. The van der Waals surface area contributed by atoms with Crippen molar-refractivity contribution in [1.82, 2.24) is 10.6 Å². The molecule has 0 aliphatic heterocycles. The van der Waals surface area contributed by atoms with Crippen molar-refractivity contribution in [3.63, 3.8) is 0 Å². The number of likely N-dealkylation sites (N-methyl/N-ethyl adjacent to an activating group) is 1. The highest BCUT2D eigenvalue weighted by Crippen LogP contribution is 2.13. The topological polar surface area (TPSA) is 44.4 Å². The number of hydrogen-bond donors (Lipinski definition) is 2. The van der Waals surface area contributed by atoms with Gasteiger partial charge in [0.15, 0.2) is 0 Å². The lowest BCUT2D eigenvalue weighted by atomic mass is 10.2. The lowest BCUT2D eigenvalue weighted by Crippen LogP contribution is -2.35. The van der Waals surface area contributed by atoms with Crippen LogP contribution in [0.5, 0.6) is 0 Å². The number of rotatable bonds is 9. The van der Waals surface area contributed by atoms with Crippen LogP contribution in [0.25, 0.3) is 0 Å². The lowest BCUT2D eigenvalue weighted by Gasteiger charge is -2.19. The summed E-state index contributed by atoms with van der Waals surface area (Å²) < 4.78 is 0. The summed E-state index contributed by atoms with van der Waals surface area (Å²) in [4.78, 5) is 13.6. The number of carbonyl (C=O) groups is 1. The van der Waals surface area contributed by atoms with Gasteiger partial charge in [0.25, 0.3) is 0 Å². The zero-order chi connectivity index (χ0) is 14.8. The molecular formula is C16H27N3O. The van der Waals surface area contributed by atoms with E-state index in [4.69, 9.17) is 0 Å². The summed E-state index contributed by atoms with van der Waals surface area (Å²) in [5.41, 5.74) is 2.34. The molecule has 112 valence electrons. The number of hydrogen-bond acceptors (Lipinski definition) is 3. The van der Waals surface area contributed by atoms with E-state index in [1.807, 2.05) is 11.9 Å². The number of benzene rings is 1. The van der Waals surface area contributed by atoms with E-state index >= 15 is 0 Å². The first kappa shape index (κ1) is 16.5. The Morgan fingerprint density at radius 2 is 1.75 bits per heavy atom. The Morgan fingerprint density at radius 1 is 1.10 bits per heavy atom. The molecule has 20 heavy (non-hydrogen) atoms. The molecule has 0 atom stereocenters. The van der Waals surface area contributed by atoms with Crippen molar-refractivity contribution in [1.29, 1.82) is 0 Å². The van der Waals surface area contributed by atoms with E-state index in [9.17, 15) is 4.79 Å². The molecule has 0 saturated carbocycles. The third kappa shape index (κ3) is 6.06. The Labute approximate surface area is 122 Å². The first-order valence-corrected chi connectivity index (χ1v) is 7.44. The zero-order valence-corrected chi connectivity index (χ0v) is 12.9. The van der Waals surface area contributed by atoms with Crippen LogP contribution in [0.1, 0.15) is 32.3 Å². The summed E-state index contributed by atoms with van der Waals surface area (Å²) in [6.45, 7) is 7.29. The van der Waals surface area contributed by atoms with Crippen LogP contribution in [0.4, 0.5) is 5.69 Å². The van der Waals surface area contributed by atoms with Crippen molar-refractivity contribution in [2.75, 3.05) is 31.6 Å². The SMILES string of the molecule is CCCNCc1ccc(N(C)CC(=O)NCCC)cc1. The van der Waals surface area contributed by atoms with Crippen molar-refractivity contribution < 1.29 is 4.79 Å². The number of nitrogens with zero attached hydrogens (tertiary/aromatic N) is 1. The predicted octanol–water partition coefficient (Wildman–Crippen LogP) is 2.15. The maximum Gasteiger partial charge on any atom is 0.239 e. The van der Waals surface area contributed by atoms with Crippen LogP contribution >= 0.6 is 0 Å². The minimum absolute atomic E-state index is 0.0723. The van der Waals surface area contributed by atoms with E-state index in [0.29, 0.717) is 6.54 Å². The Bertz CT molecular complexity index is 389. The molecular weight excluding hydrogens is 250 g/mol. The quantitative estimate of drug-likeness (QED) is 0.680. The van der Waals surface area contributed by atoms with Gasteiger partial charge in [-0.2, -0.15) is 0 Å². The normalized spacial score (nSPS) is 10.3. The Balaban J connectivity index is 2.44. The van der Waals surface area contributed by atoms with Gasteiger partial charge >= 0.3 is 0 Å². The third-order valence-electron chi connectivity index (χ3n) is 3.09. The predicted molar refractivity (Wildman–Crippen MR) is 85.0 cm³/mol. The molecule has 0 saturated heterocycles. The molecule has 0 heterocycles. The fraction of sp³-hybridized carbons (Fsp3) is 0.562. The smallest absolute Gasteiger partial charge is 0.239 e. The van der Waals surface area contributed by atoms with E-state index in [-0.39, 0.29) is 5.91 Å². The fourth-order valence-electron chi connectivity index (χ4n) is 1.90. The molecule has 0 radical (unpaired) electrons. The van der Waals surface area contributed by atoms with Gasteiger partial charge < -0.3 is 15.5 Å². The summed E-state index contributed by atoms with van der Waals surface area (Å²) in [6, 6.07) is 8.35. The van der Waals surface area contributed by atoms with Crippen LogP contribution in [0.3, 0.4) is 0 Å². The highest BCUT2D eigenvalue weighted by Gasteiger charge is 2.06. The van der Waals surface area contributed by atoms with E-state index in [0.717, 1.165) is 38.2 Å². The molecule has 4 nitrogen and oxygen atoms in total. The van der Waals surface area contributed by atoms with Gasteiger partial charge in [-0.25, -0.2) is 0 Å². The second-order valence-corrected chi connectivity index (χ2v) is 5.05. The Morgan fingerprint density at radius 3 is 2.35 bits per heavy atom. The monoisotopic (exact) mass is 277 g/mol. The average molecular weight is 277 g/mol. The van der Waals surface area contributed by atoms with Gasteiger partial charge in [0.2, 0.25) is 5.91 Å². The van der Waals surface area contributed by atoms with Crippen molar-refractivity contribution in [2.45, 2.75) is 33.2 Å². The number of anilines is 1. The highest BCUT2D eigenvalue weighted by molar-refractivity contribution is 5.81. The lowest BCUT2D eigenvalue weighted by molar-refractivity contribution is -0.119. The highest BCUT2D eigenvalue weighted by atomic mass is 16.2. The molecule has 2 N–H and O–H groups in total. The molecule has 0 spiro atoms. The number of nitrogens with one attached hydrogen (secondary N) is 2. The summed E-state index contributed by atoms with van der Waals surface area (Å²) in [7, 11) is 1.94. The van der Waals surface area contributed by atoms with Crippen molar-refractivity contribution in [3.05, 3.63) is 29.8 Å². The van der Waals surface area contributed by atoms with Crippen LogP contribution in [0.15, 0.2) is 24.3 Å². The minimum Gasteiger partial charge on any atom is -0.365 e. The molecule has 1 rings (SSSR count). The number of carbonyl (C=O) groups excluding carboxylic acids is 1. The number of amides is 1. The molecule has 0 aliphatic carbocycles. The van der Waals surface area contributed by atoms with Crippen LogP contribution in [0.2, 0.25) is 0 Å². The Hall–Kier alpha value is -1.55. The molecule has 1 amide bonds. The van der Waals surface area contributed by atoms with Gasteiger partial charge in [-0.15, -0.1) is 0 Å². The summed E-state index contributed by atoms with van der Waals surface area (Å²) in [6.07, 6.45) is 2.11. The second-order valence-electron chi connectivity index (χ2n) is 5.05. The summed E-state index contributed by atoms with van der Waals surface area (Å²) >= 11 is 0. The first-order chi connectivity index (χ1) is 9.67. The molecule has 0 aromatic heterocycles. The van der Waals surface area contributed by atoms with Crippen LogP contribution < -0.4 is 15.5 Å². The molecule has 0 fully saturated rings. The first-order valence-electron chi connectivity index (χ1n) is 7.44. The van der Waals surface area contributed by atoms with Crippen LogP contribution in [-0.2, 0) is 11.3 Å². The standard InChI is InChI=1S/C16H27N3O/c1-4-10-17-12-14-6-8-15(9-7-14)19(3)13-16(20)18-11-5-2/h6-9,17H,4-5,10-13H2,1-3H3,(H,18,20). The average Bonchev–Trinajstić information content (AvgIpc) is 2.46. The van der Waals surface area contributed by atoms with Crippen LogP contribution in [-0.4, -0.2) is 32.6 Å². The van der Waals surface area contributed by atoms with Crippen molar-refractivity contribution in [3.8, 4) is 0 Å². The Kier molecular flexibility index (Phi) is 7.73. The van der Waals surface area contributed by atoms with Gasteiger partial charge in [0.05, 0.1) is 6.54 Å².